The zero-order chi connectivity index (χ0) is 13.7. The van der Waals surface area contributed by atoms with Crippen molar-refractivity contribution < 1.29 is 0 Å². The van der Waals surface area contributed by atoms with Crippen molar-refractivity contribution in [3.63, 3.8) is 0 Å². The minimum atomic E-state index is 0.791. The lowest BCUT2D eigenvalue weighted by atomic mass is 9.99. The molecule has 0 atom stereocenters. The molecule has 0 bridgehead atoms. The molecule has 2 aromatic rings. The number of benzene rings is 2. The number of rotatable bonds is 4. The molecule has 2 rings (SSSR count). The van der Waals surface area contributed by atoms with Crippen molar-refractivity contribution in [3.8, 4) is 23.5 Å². The van der Waals surface area contributed by atoms with Crippen molar-refractivity contribution in [3.05, 3.63) is 58.1 Å². The Balaban J connectivity index is 2.39. The predicted octanol–water partition coefficient (Wildman–Crippen LogP) is 5.24. The van der Waals surface area contributed by atoms with Crippen LogP contribution < -0.4 is 0 Å². The van der Waals surface area contributed by atoms with Gasteiger partial charge >= 0.3 is 0 Å². The molecule has 19 heavy (non-hydrogen) atoms. The van der Waals surface area contributed by atoms with Crippen LogP contribution in [0.15, 0.2) is 46.9 Å². The highest BCUT2D eigenvalue weighted by atomic mass is 79.9. The average Bonchev–Trinajstić information content (AvgIpc) is 2.45. The van der Waals surface area contributed by atoms with Crippen molar-refractivity contribution in [1.82, 2.24) is 0 Å². The summed E-state index contributed by atoms with van der Waals surface area (Å²) in [6, 6.07) is 15.1. The van der Waals surface area contributed by atoms with Gasteiger partial charge in [-0.1, -0.05) is 49.4 Å². The summed E-state index contributed by atoms with van der Waals surface area (Å²) in [6.45, 7) is 2.17. The first-order valence-electron chi connectivity index (χ1n) is 6.56. The Morgan fingerprint density at radius 3 is 2.68 bits per heavy atom. The van der Waals surface area contributed by atoms with E-state index in [1.54, 1.807) is 0 Å². The summed E-state index contributed by atoms with van der Waals surface area (Å²) in [5.74, 6) is 2.70. The zero-order valence-corrected chi connectivity index (χ0v) is 12.7. The molecule has 2 aromatic carbocycles. The highest BCUT2D eigenvalue weighted by Gasteiger charge is 2.06. The van der Waals surface area contributed by atoms with Gasteiger partial charge < -0.3 is 0 Å². The van der Waals surface area contributed by atoms with Crippen molar-refractivity contribution in [1.29, 1.82) is 0 Å². The van der Waals surface area contributed by atoms with Crippen LogP contribution in [0.5, 0.6) is 0 Å². The van der Waals surface area contributed by atoms with Gasteiger partial charge in [-0.05, 0) is 51.0 Å². The van der Waals surface area contributed by atoms with Gasteiger partial charge in [0.05, 0.1) is 0 Å². The molecule has 0 aliphatic carbocycles. The van der Waals surface area contributed by atoms with Gasteiger partial charge in [0, 0.05) is 10.9 Å². The minimum Gasteiger partial charge on any atom is -0.120 e. The van der Waals surface area contributed by atoms with Gasteiger partial charge in [-0.2, -0.15) is 0 Å². The Kier molecular flexibility index (Phi) is 4.82. The van der Waals surface area contributed by atoms with Gasteiger partial charge in [0.25, 0.3) is 0 Å². The maximum Gasteiger partial charge on any atom is 0.0285 e. The third-order valence-electron chi connectivity index (χ3n) is 3.26. The van der Waals surface area contributed by atoms with Gasteiger partial charge in [-0.3, -0.25) is 0 Å². The lowest BCUT2D eigenvalue weighted by Gasteiger charge is -2.10. The summed E-state index contributed by atoms with van der Waals surface area (Å²) < 4.78 is 1.20. The SMILES string of the molecule is C#CCCc1cccc(-c2cccc(CC)c2Br)c1. The molecular weight excluding hydrogens is 296 g/mol. The number of hydrogen-bond acceptors (Lipinski definition) is 0. The van der Waals surface area contributed by atoms with Crippen LogP contribution in [0.4, 0.5) is 0 Å². The first-order chi connectivity index (χ1) is 9.26. The van der Waals surface area contributed by atoms with Crippen LogP contribution in [0.2, 0.25) is 0 Å². The third kappa shape index (κ3) is 3.28. The Bertz CT molecular complexity index is 605. The molecule has 0 N–H and O–H groups in total. The second kappa shape index (κ2) is 6.59. The Labute approximate surface area is 124 Å². The molecule has 0 unspecified atom stereocenters. The predicted molar refractivity (Wildman–Crippen MR) is 86.1 cm³/mol. The summed E-state index contributed by atoms with van der Waals surface area (Å²) in [5.41, 5.74) is 5.13. The molecule has 0 aliphatic rings. The first kappa shape index (κ1) is 13.9. The van der Waals surface area contributed by atoms with Crippen LogP contribution in [0.25, 0.3) is 11.1 Å². The zero-order valence-electron chi connectivity index (χ0n) is 11.1. The van der Waals surface area contributed by atoms with Crippen molar-refractivity contribution in [2.75, 3.05) is 0 Å². The van der Waals surface area contributed by atoms with E-state index in [0.717, 1.165) is 19.3 Å². The molecule has 0 radical (unpaired) electrons. The Morgan fingerprint density at radius 2 is 1.95 bits per heavy atom. The van der Waals surface area contributed by atoms with Gasteiger partial charge in [0.1, 0.15) is 0 Å². The lowest BCUT2D eigenvalue weighted by Crippen LogP contribution is -1.89. The molecule has 0 aliphatic heterocycles. The van der Waals surface area contributed by atoms with Crippen molar-refractivity contribution in [2.45, 2.75) is 26.2 Å². The fourth-order valence-corrected chi connectivity index (χ4v) is 2.96. The van der Waals surface area contributed by atoms with Crippen molar-refractivity contribution in [2.24, 2.45) is 0 Å². The topological polar surface area (TPSA) is 0 Å². The summed E-state index contributed by atoms with van der Waals surface area (Å²) in [4.78, 5) is 0. The maximum absolute atomic E-state index is 5.33. The van der Waals surface area contributed by atoms with Gasteiger partial charge in [0.2, 0.25) is 0 Å². The van der Waals surface area contributed by atoms with E-state index in [4.69, 9.17) is 6.42 Å². The number of halogens is 1. The maximum atomic E-state index is 5.33. The van der Waals surface area contributed by atoms with E-state index in [1.165, 1.54) is 26.7 Å². The van der Waals surface area contributed by atoms with E-state index in [2.05, 4.69) is 71.2 Å². The molecule has 0 nitrogen and oxygen atoms in total. The molecule has 96 valence electrons. The third-order valence-corrected chi connectivity index (χ3v) is 4.19. The molecule has 0 saturated carbocycles. The number of terminal acetylenes is 1. The highest BCUT2D eigenvalue weighted by molar-refractivity contribution is 9.10. The lowest BCUT2D eigenvalue weighted by molar-refractivity contribution is 1.03. The van der Waals surface area contributed by atoms with Crippen LogP contribution >= 0.6 is 15.9 Å². The summed E-state index contributed by atoms with van der Waals surface area (Å²) >= 11 is 3.72. The van der Waals surface area contributed by atoms with Crippen LogP contribution in [0, 0.1) is 12.3 Å². The quantitative estimate of drug-likeness (QED) is 0.677. The monoisotopic (exact) mass is 312 g/mol. The molecule has 0 fully saturated rings. The molecule has 0 saturated heterocycles. The molecule has 0 aromatic heterocycles. The summed E-state index contributed by atoms with van der Waals surface area (Å²) in [7, 11) is 0. The Morgan fingerprint density at radius 1 is 1.16 bits per heavy atom. The summed E-state index contributed by atoms with van der Waals surface area (Å²) in [6.07, 6.45) is 8.09. The average molecular weight is 313 g/mol. The fourth-order valence-electron chi connectivity index (χ4n) is 2.19. The van der Waals surface area contributed by atoms with E-state index in [-0.39, 0.29) is 0 Å². The smallest absolute Gasteiger partial charge is 0.0285 e. The van der Waals surface area contributed by atoms with Gasteiger partial charge in [-0.25, -0.2) is 0 Å². The van der Waals surface area contributed by atoms with E-state index in [1.807, 2.05) is 0 Å². The Hall–Kier alpha value is -1.52. The fraction of sp³-hybridized carbons (Fsp3) is 0.222. The van der Waals surface area contributed by atoms with E-state index >= 15 is 0 Å². The second-order valence-corrected chi connectivity index (χ2v) is 5.33. The van der Waals surface area contributed by atoms with Crippen LogP contribution in [-0.2, 0) is 12.8 Å². The van der Waals surface area contributed by atoms with Crippen molar-refractivity contribution >= 4 is 15.9 Å². The van der Waals surface area contributed by atoms with E-state index in [9.17, 15) is 0 Å². The molecule has 1 heteroatoms. The van der Waals surface area contributed by atoms with Crippen LogP contribution in [-0.4, -0.2) is 0 Å². The van der Waals surface area contributed by atoms with Gasteiger partial charge in [0.15, 0.2) is 0 Å². The molecule has 0 amide bonds. The van der Waals surface area contributed by atoms with Gasteiger partial charge in [-0.15, -0.1) is 12.3 Å². The van der Waals surface area contributed by atoms with Crippen LogP contribution in [0.3, 0.4) is 0 Å². The molecular formula is C18H17Br. The normalized spacial score (nSPS) is 10.2. The van der Waals surface area contributed by atoms with E-state index in [0.29, 0.717) is 0 Å². The highest BCUT2D eigenvalue weighted by Crippen LogP contribution is 2.31. The molecule has 0 spiro atoms. The van der Waals surface area contributed by atoms with E-state index < -0.39 is 0 Å². The number of hydrogen-bond donors (Lipinski definition) is 0. The van der Waals surface area contributed by atoms with Crippen LogP contribution in [0.1, 0.15) is 24.5 Å². The molecule has 0 heterocycles. The second-order valence-electron chi connectivity index (χ2n) is 4.54. The summed E-state index contributed by atoms with van der Waals surface area (Å²) in [5, 5.41) is 0. The largest absolute Gasteiger partial charge is 0.120 e. The number of aryl methyl sites for hydroxylation is 2. The standard InChI is InChI=1S/C18H17Br/c1-3-5-8-14-9-6-11-16(13-14)17-12-7-10-15(4-2)18(17)19/h1,6-7,9-13H,4-5,8H2,2H3. The minimum absolute atomic E-state index is 0.791. The first-order valence-corrected chi connectivity index (χ1v) is 7.35.